The van der Waals surface area contributed by atoms with Gasteiger partial charge in [0.25, 0.3) is 0 Å². The quantitative estimate of drug-likeness (QED) is 0.895. The van der Waals surface area contributed by atoms with Crippen molar-refractivity contribution in [3.63, 3.8) is 0 Å². The van der Waals surface area contributed by atoms with Gasteiger partial charge in [-0.3, -0.25) is 0 Å². The van der Waals surface area contributed by atoms with Crippen LogP contribution < -0.4 is 10.6 Å². The summed E-state index contributed by atoms with van der Waals surface area (Å²) in [5.41, 5.74) is 5.95. The van der Waals surface area contributed by atoms with Crippen molar-refractivity contribution in [3.05, 3.63) is 5.82 Å². The molecular formula is C13H24N4S. The summed E-state index contributed by atoms with van der Waals surface area (Å²) in [5.74, 6) is 1.59. The number of hydrogen-bond acceptors (Lipinski definition) is 5. The van der Waals surface area contributed by atoms with Crippen LogP contribution >= 0.6 is 11.5 Å². The number of nitrogens with two attached hydrogens (primary N) is 1. The van der Waals surface area contributed by atoms with Gasteiger partial charge in [-0.1, -0.05) is 27.7 Å². The van der Waals surface area contributed by atoms with Crippen LogP contribution in [-0.2, 0) is 5.41 Å². The second-order valence-corrected chi connectivity index (χ2v) is 7.00. The molecule has 1 fully saturated rings. The molecule has 2 rings (SSSR count). The Bertz CT molecular complexity index is 396. The highest BCUT2D eigenvalue weighted by Crippen LogP contribution is 2.31. The molecule has 5 heteroatoms. The number of anilines is 1. The van der Waals surface area contributed by atoms with Gasteiger partial charge in [-0.2, -0.15) is 4.37 Å². The normalized spacial score (nSPS) is 25.5. The molecule has 1 aliphatic heterocycles. The minimum absolute atomic E-state index is 0.0222. The van der Waals surface area contributed by atoms with Gasteiger partial charge in [0.05, 0.1) is 0 Å². The fraction of sp³-hybridized carbons (Fsp3) is 0.846. The first-order valence-electron chi connectivity index (χ1n) is 6.74. The van der Waals surface area contributed by atoms with Crippen molar-refractivity contribution in [1.29, 1.82) is 0 Å². The number of aromatic nitrogens is 2. The van der Waals surface area contributed by atoms with Crippen LogP contribution in [0.15, 0.2) is 0 Å². The van der Waals surface area contributed by atoms with E-state index in [4.69, 9.17) is 10.7 Å². The second kappa shape index (κ2) is 5.13. The minimum atomic E-state index is 0.0222. The van der Waals surface area contributed by atoms with Gasteiger partial charge in [-0.15, -0.1) is 0 Å². The average molecular weight is 268 g/mol. The highest BCUT2D eigenvalue weighted by atomic mass is 32.1. The topological polar surface area (TPSA) is 55.0 Å². The molecule has 2 heterocycles. The lowest BCUT2D eigenvalue weighted by Gasteiger charge is -2.39. The summed E-state index contributed by atoms with van der Waals surface area (Å²) in [4.78, 5) is 7.08. The maximum absolute atomic E-state index is 5.93. The number of nitrogens with zero attached hydrogens (tertiary/aromatic N) is 3. The van der Waals surface area contributed by atoms with Crippen molar-refractivity contribution in [2.75, 3.05) is 18.0 Å². The first-order chi connectivity index (χ1) is 8.43. The summed E-state index contributed by atoms with van der Waals surface area (Å²) >= 11 is 1.51. The summed E-state index contributed by atoms with van der Waals surface area (Å²) in [7, 11) is 0. The molecule has 0 amide bonds. The first kappa shape index (κ1) is 13.7. The zero-order valence-corrected chi connectivity index (χ0v) is 12.6. The lowest BCUT2D eigenvalue weighted by atomic mass is 9.91. The molecule has 2 atom stereocenters. The van der Waals surface area contributed by atoms with Crippen molar-refractivity contribution in [1.82, 2.24) is 9.36 Å². The molecule has 1 aliphatic rings. The molecule has 1 aromatic rings. The molecule has 2 N–H and O–H groups in total. The van der Waals surface area contributed by atoms with Crippen molar-refractivity contribution >= 4 is 16.7 Å². The summed E-state index contributed by atoms with van der Waals surface area (Å²) in [5, 5.41) is 1.04. The second-order valence-electron chi connectivity index (χ2n) is 6.27. The predicted octanol–water partition coefficient (Wildman–Crippen LogP) is 2.40. The molecule has 0 bridgehead atoms. The van der Waals surface area contributed by atoms with E-state index in [2.05, 4.69) is 37.0 Å². The van der Waals surface area contributed by atoms with Crippen LogP contribution in [0, 0.1) is 5.92 Å². The van der Waals surface area contributed by atoms with Crippen LogP contribution in [-0.4, -0.2) is 28.5 Å². The molecule has 0 radical (unpaired) electrons. The largest absolute Gasteiger partial charge is 0.342 e. The van der Waals surface area contributed by atoms with Gasteiger partial charge < -0.3 is 10.6 Å². The van der Waals surface area contributed by atoms with Crippen LogP contribution in [0.25, 0.3) is 0 Å². The fourth-order valence-electron chi connectivity index (χ4n) is 2.48. The Hall–Kier alpha value is -0.680. The van der Waals surface area contributed by atoms with Crippen LogP contribution in [0.2, 0.25) is 0 Å². The van der Waals surface area contributed by atoms with Crippen molar-refractivity contribution in [3.8, 4) is 0 Å². The monoisotopic (exact) mass is 268 g/mol. The van der Waals surface area contributed by atoms with Crippen LogP contribution in [0.1, 0.15) is 46.4 Å². The number of hydrogen-bond donors (Lipinski definition) is 1. The van der Waals surface area contributed by atoms with E-state index < -0.39 is 0 Å². The number of rotatable bonds is 2. The summed E-state index contributed by atoms with van der Waals surface area (Å²) in [6.45, 7) is 10.5. The summed E-state index contributed by atoms with van der Waals surface area (Å²) in [6.07, 6.45) is 2.49. The summed E-state index contributed by atoms with van der Waals surface area (Å²) < 4.78 is 4.50. The molecule has 1 aromatic heterocycles. The van der Waals surface area contributed by atoms with Crippen molar-refractivity contribution in [2.45, 2.75) is 52.0 Å². The Balaban J connectivity index is 2.22. The van der Waals surface area contributed by atoms with E-state index in [1.807, 2.05) is 0 Å². The third-order valence-electron chi connectivity index (χ3n) is 3.69. The molecule has 0 saturated carbocycles. The van der Waals surface area contributed by atoms with Crippen molar-refractivity contribution in [2.24, 2.45) is 11.7 Å². The van der Waals surface area contributed by atoms with Gasteiger partial charge in [0, 0.05) is 36.1 Å². The SMILES string of the molecule is CC1CCCN(c2nc(C(C)(C)C)ns2)C1CN. The molecule has 0 aliphatic carbocycles. The smallest absolute Gasteiger partial charge is 0.205 e. The third-order valence-corrected chi connectivity index (χ3v) is 4.44. The van der Waals surface area contributed by atoms with Crippen molar-refractivity contribution < 1.29 is 0 Å². The van der Waals surface area contributed by atoms with E-state index in [0.717, 1.165) is 17.5 Å². The van der Waals surface area contributed by atoms with Gasteiger partial charge in [0.2, 0.25) is 5.13 Å². The van der Waals surface area contributed by atoms with Gasteiger partial charge in [-0.05, 0) is 18.8 Å². The third kappa shape index (κ3) is 2.67. The van der Waals surface area contributed by atoms with E-state index in [9.17, 15) is 0 Å². The fourth-order valence-corrected chi connectivity index (χ4v) is 3.42. The molecule has 1 saturated heterocycles. The molecule has 0 spiro atoms. The standard InChI is InChI=1S/C13H24N4S/c1-9-6-5-7-17(10(9)8-14)12-15-11(16-18-12)13(2,3)4/h9-10H,5-8,14H2,1-4H3. The highest BCUT2D eigenvalue weighted by Gasteiger charge is 2.30. The van der Waals surface area contributed by atoms with Gasteiger partial charge in [0.1, 0.15) is 5.82 Å². The molecule has 4 nitrogen and oxygen atoms in total. The maximum atomic E-state index is 5.93. The molecule has 0 aromatic carbocycles. The molecule has 18 heavy (non-hydrogen) atoms. The Morgan fingerprint density at radius 1 is 1.44 bits per heavy atom. The minimum Gasteiger partial charge on any atom is -0.342 e. The van der Waals surface area contributed by atoms with E-state index in [-0.39, 0.29) is 5.41 Å². The summed E-state index contributed by atoms with van der Waals surface area (Å²) in [6, 6.07) is 0.416. The number of piperidine rings is 1. The molecular weight excluding hydrogens is 244 g/mol. The zero-order valence-electron chi connectivity index (χ0n) is 11.8. The maximum Gasteiger partial charge on any atom is 0.205 e. The van der Waals surface area contributed by atoms with Gasteiger partial charge in [-0.25, -0.2) is 4.98 Å². The van der Waals surface area contributed by atoms with Gasteiger partial charge >= 0.3 is 0 Å². The average Bonchev–Trinajstić information content (AvgIpc) is 2.77. The Labute approximate surface area is 114 Å². The lowest BCUT2D eigenvalue weighted by molar-refractivity contribution is 0.349. The van der Waals surface area contributed by atoms with E-state index in [0.29, 0.717) is 18.5 Å². The van der Waals surface area contributed by atoms with Crippen LogP contribution in [0.3, 0.4) is 0 Å². The van der Waals surface area contributed by atoms with Gasteiger partial charge in [0.15, 0.2) is 0 Å². The Morgan fingerprint density at radius 3 is 2.72 bits per heavy atom. The Morgan fingerprint density at radius 2 is 2.17 bits per heavy atom. The highest BCUT2D eigenvalue weighted by molar-refractivity contribution is 7.09. The first-order valence-corrected chi connectivity index (χ1v) is 7.51. The molecule has 102 valence electrons. The zero-order chi connectivity index (χ0) is 13.3. The van der Waals surface area contributed by atoms with E-state index >= 15 is 0 Å². The molecule has 2 unspecified atom stereocenters. The van der Waals surface area contributed by atoms with E-state index in [1.54, 1.807) is 0 Å². The van der Waals surface area contributed by atoms with Crippen LogP contribution in [0.5, 0.6) is 0 Å². The van der Waals surface area contributed by atoms with Crippen LogP contribution in [0.4, 0.5) is 5.13 Å². The lowest BCUT2D eigenvalue weighted by Crippen LogP contribution is -2.48. The van der Waals surface area contributed by atoms with E-state index in [1.165, 1.54) is 24.4 Å². The Kier molecular flexibility index (Phi) is 3.92. The predicted molar refractivity (Wildman–Crippen MR) is 77.2 cm³/mol.